The molecule has 1 aromatic carbocycles. The maximum atomic E-state index is 10.8. The fourth-order valence-electron chi connectivity index (χ4n) is 1.58. The van der Waals surface area contributed by atoms with Crippen molar-refractivity contribution in [1.82, 2.24) is 5.32 Å². The summed E-state index contributed by atoms with van der Waals surface area (Å²) in [6, 6.07) is 7.61. The van der Waals surface area contributed by atoms with Gasteiger partial charge in [-0.3, -0.25) is 4.79 Å². The van der Waals surface area contributed by atoms with Crippen LogP contribution in [0.4, 0.5) is 0 Å². The van der Waals surface area contributed by atoms with E-state index in [1.54, 1.807) is 7.05 Å². The number of carboxylic acids is 1. The Morgan fingerprint density at radius 3 is 2.67 bits per heavy atom. The minimum atomic E-state index is -0.786. The highest BCUT2D eigenvalue weighted by Gasteiger charge is 2.14. The van der Waals surface area contributed by atoms with E-state index >= 15 is 0 Å². The van der Waals surface area contributed by atoms with Crippen molar-refractivity contribution in [3.8, 4) is 0 Å². The van der Waals surface area contributed by atoms with Gasteiger partial charge < -0.3 is 10.4 Å². The highest BCUT2D eigenvalue weighted by molar-refractivity contribution is 5.73. The Kier molecular flexibility index (Phi) is 4.31. The van der Waals surface area contributed by atoms with Gasteiger partial charge in [0.15, 0.2) is 0 Å². The number of hydrogen-bond donors (Lipinski definition) is 2. The van der Waals surface area contributed by atoms with Gasteiger partial charge in [-0.2, -0.15) is 0 Å². The number of benzene rings is 1. The number of nitrogens with one attached hydrogen (secondary N) is 1. The topological polar surface area (TPSA) is 49.3 Å². The molecular formula is C12H17NO2. The predicted octanol–water partition coefficient (Wildman–Crippen LogP) is 1.60. The van der Waals surface area contributed by atoms with Crippen molar-refractivity contribution < 1.29 is 9.90 Å². The number of carbonyl (C=O) groups is 1. The average Bonchev–Trinajstić information content (AvgIpc) is 2.21. The van der Waals surface area contributed by atoms with Gasteiger partial charge in [0.2, 0.25) is 0 Å². The maximum absolute atomic E-state index is 10.8. The van der Waals surface area contributed by atoms with E-state index in [4.69, 9.17) is 5.11 Å². The second-order valence-corrected chi connectivity index (χ2v) is 3.64. The molecule has 0 aromatic heterocycles. The zero-order valence-electron chi connectivity index (χ0n) is 9.16. The number of aryl methyl sites for hydroxylation is 2. The van der Waals surface area contributed by atoms with E-state index < -0.39 is 12.0 Å². The monoisotopic (exact) mass is 207 g/mol. The van der Waals surface area contributed by atoms with Crippen LogP contribution in [0.5, 0.6) is 0 Å². The van der Waals surface area contributed by atoms with Crippen LogP contribution in [-0.4, -0.2) is 24.2 Å². The first-order valence-electron chi connectivity index (χ1n) is 5.09. The largest absolute Gasteiger partial charge is 0.480 e. The Hall–Kier alpha value is -1.35. The van der Waals surface area contributed by atoms with Gasteiger partial charge in [-0.25, -0.2) is 0 Å². The van der Waals surface area contributed by atoms with Crippen LogP contribution >= 0.6 is 0 Å². The Morgan fingerprint density at radius 2 is 2.13 bits per heavy atom. The van der Waals surface area contributed by atoms with Crippen LogP contribution in [0.2, 0.25) is 0 Å². The van der Waals surface area contributed by atoms with E-state index in [0.717, 1.165) is 6.42 Å². The Morgan fingerprint density at radius 1 is 1.47 bits per heavy atom. The SMILES string of the molecule is CNC(CCc1ccccc1C)C(=O)O. The molecule has 3 heteroatoms. The molecule has 0 spiro atoms. The molecule has 1 atom stereocenters. The van der Waals surface area contributed by atoms with E-state index in [9.17, 15) is 4.79 Å². The van der Waals surface area contributed by atoms with Gasteiger partial charge in [-0.05, 0) is 37.9 Å². The van der Waals surface area contributed by atoms with Crippen molar-refractivity contribution >= 4 is 5.97 Å². The van der Waals surface area contributed by atoms with Crippen LogP contribution in [0, 0.1) is 6.92 Å². The van der Waals surface area contributed by atoms with Crippen LogP contribution < -0.4 is 5.32 Å². The summed E-state index contributed by atoms with van der Waals surface area (Å²) in [4.78, 5) is 10.8. The van der Waals surface area contributed by atoms with Crippen molar-refractivity contribution in [2.75, 3.05) is 7.05 Å². The molecule has 0 saturated heterocycles. The third-order valence-electron chi connectivity index (χ3n) is 2.61. The minimum absolute atomic E-state index is 0.454. The van der Waals surface area contributed by atoms with Gasteiger partial charge in [0.05, 0.1) is 0 Å². The highest BCUT2D eigenvalue weighted by atomic mass is 16.4. The lowest BCUT2D eigenvalue weighted by molar-refractivity contribution is -0.139. The molecule has 0 fully saturated rings. The third kappa shape index (κ3) is 3.36. The fraction of sp³-hybridized carbons (Fsp3) is 0.417. The summed E-state index contributed by atoms with van der Waals surface area (Å²) in [5, 5.41) is 11.6. The van der Waals surface area contributed by atoms with E-state index in [1.165, 1.54) is 11.1 Å². The first kappa shape index (κ1) is 11.7. The molecule has 82 valence electrons. The van der Waals surface area contributed by atoms with Crippen molar-refractivity contribution in [2.24, 2.45) is 0 Å². The van der Waals surface area contributed by atoms with Gasteiger partial charge in [-0.15, -0.1) is 0 Å². The summed E-state index contributed by atoms with van der Waals surface area (Å²) in [5.41, 5.74) is 2.44. The summed E-state index contributed by atoms with van der Waals surface area (Å²) in [6.07, 6.45) is 1.42. The highest BCUT2D eigenvalue weighted by Crippen LogP contribution is 2.10. The quantitative estimate of drug-likeness (QED) is 0.771. The normalized spacial score (nSPS) is 12.4. The van der Waals surface area contributed by atoms with Crippen LogP contribution in [0.25, 0.3) is 0 Å². The molecule has 2 N–H and O–H groups in total. The lowest BCUT2D eigenvalue weighted by atomic mass is 10.0. The van der Waals surface area contributed by atoms with Crippen molar-refractivity contribution in [1.29, 1.82) is 0 Å². The van der Waals surface area contributed by atoms with E-state index in [1.807, 2.05) is 31.2 Å². The molecular weight excluding hydrogens is 190 g/mol. The molecule has 1 rings (SSSR count). The second-order valence-electron chi connectivity index (χ2n) is 3.64. The number of rotatable bonds is 5. The summed E-state index contributed by atoms with van der Waals surface area (Å²) in [5.74, 6) is -0.786. The molecule has 0 amide bonds. The molecule has 0 aliphatic carbocycles. The smallest absolute Gasteiger partial charge is 0.320 e. The summed E-state index contributed by atoms with van der Waals surface area (Å²) in [7, 11) is 1.68. The zero-order valence-corrected chi connectivity index (χ0v) is 9.16. The molecule has 3 nitrogen and oxygen atoms in total. The van der Waals surface area contributed by atoms with E-state index in [-0.39, 0.29) is 0 Å². The van der Waals surface area contributed by atoms with E-state index in [0.29, 0.717) is 6.42 Å². The number of likely N-dealkylation sites (N-methyl/N-ethyl adjacent to an activating group) is 1. The van der Waals surface area contributed by atoms with Gasteiger partial charge in [0.25, 0.3) is 0 Å². The number of carboxylic acid groups (broad SMARTS) is 1. The molecule has 1 unspecified atom stereocenters. The first-order chi connectivity index (χ1) is 7.15. The zero-order chi connectivity index (χ0) is 11.3. The number of aliphatic carboxylic acids is 1. The molecule has 0 saturated carbocycles. The van der Waals surface area contributed by atoms with Gasteiger partial charge >= 0.3 is 5.97 Å². The summed E-state index contributed by atoms with van der Waals surface area (Å²) < 4.78 is 0. The predicted molar refractivity (Wildman–Crippen MR) is 60.0 cm³/mol. The van der Waals surface area contributed by atoms with Crippen LogP contribution in [0.15, 0.2) is 24.3 Å². The van der Waals surface area contributed by atoms with Gasteiger partial charge in [0.1, 0.15) is 6.04 Å². The fourth-order valence-corrected chi connectivity index (χ4v) is 1.58. The maximum Gasteiger partial charge on any atom is 0.320 e. The third-order valence-corrected chi connectivity index (χ3v) is 2.61. The lowest BCUT2D eigenvalue weighted by Crippen LogP contribution is -2.34. The Bertz CT molecular complexity index is 336. The first-order valence-corrected chi connectivity index (χ1v) is 5.09. The molecule has 0 aliphatic rings. The summed E-state index contributed by atoms with van der Waals surface area (Å²) in [6.45, 7) is 2.05. The molecule has 0 aliphatic heterocycles. The number of hydrogen-bond acceptors (Lipinski definition) is 2. The molecule has 15 heavy (non-hydrogen) atoms. The van der Waals surface area contributed by atoms with Crippen LogP contribution in [0.3, 0.4) is 0 Å². The van der Waals surface area contributed by atoms with Crippen LogP contribution in [-0.2, 0) is 11.2 Å². The summed E-state index contributed by atoms with van der Waals surface area (Å²) >= 11 is 0. The van der Waals surface area contributed by atoms with Gasteiger partial charge in [0, 0.05) is 0 Å². The van der Waals surface area contributed by atoms with Crippen molar-refractivity contribution in [3.05, 3.63) is 35.4 Å². The lowest BCUT2D eigenvalue weighted by Gasteiger charge is -2.11. The molecule has 1 aromatic rings. The molecule has 0 heterocycles. The van der Waals surface area contributed by atoms with Crippen LogP contribution in [0.1, 0.15) is 17.5 Å². The minimum Gasteiger partial charge on any atom is -0.480 e. The van der Waals surface area contributed by atoms with Crippen molar-refractivity contribution in [2.45, 2.75) is 25.8 Å². The molecule has 0 radical (unpaired) electrons. The Balaban J connectivity index is 2.56. The van der Waals surface area contributed by atoms with Gasteiger partial charge in [-0.1, -0.05) is 24.3 Å². The van der Waals surface area contributed by atoms with E-state index in [2.05, 4.69) is 5.32 Å². The Labute approximate surface area is 90.1 Å². The average molecular weight is 207 g/mol. The second kappa shape index (κ2) is 5.51. The van der Waals surface area contributed by atoms with Crippen molar-refractivity contribution in [3.63, 3.8) is 0 Å². The standard InChI is InChI=1S/C12H17NO2/c1-9-5-3-4-6-10(9)7-8-11(13-2)12(14)15/h3-6,11,13H,7-8H2,1-2H3,(H,14,15). The molecule has 0 bridgehead atoms.